The molecule has 0 saturated heterocycles. The van der Waals surface area contributed by atoms with E-state index in [0.29, 0.717) is 12.2 Å². The van der Waals surface area contributed by atoms with Gasteiger partial charge in [0, 0.05) is 18.9 Å². The van der Waals surface area contributed by atoms with Crippen LogP contribution in [0.2, 0.25) is 0 Å². The zero-order valence-corrected chi connectivity index (χ0v) is 10.6. The average Bonchev–Trinajstić information content (AvgIpc) is 2.80. The number of aromatic nitrogens is 2. The van der Waals surface area contributed by atoms with Crippen molar-refractivity contribution < 1.29 is 13.2 Å². The molecule has 1 aromatic heterocycles. The van der Waals surface area contributed by atoms with Gasteiger partial charge in [-0.3, -0.25) is 4.68 Å². The van der Waals surface area contributed by atoms with Crippen molar-refractivity contribution in [3.8, 4) is 6.07 Å². The molecule has 0 aliphatic carbocycles. The molecule has 1 N–H and O–H groups in total. The van der Waals surface area contributed by atoms with Gasteiger partial charge in [0.05, 0.1) is 29.4 Å². The number of rotatable bonds is 3. The van der Waals surface area contributed by atoms with Gasteiger partial charge in [0.25, 0.3) is 0 Å². The number of nitriles is 1. The highest BCUT2D eigenvalue weighted by molar-refractivity contribution is 5.53. The summed E-state index contributed by atoms with van der Waals surface area (Å²) in [6.45, 7) is 0.409. The van der Waals surface area contributed by atoms with E-state index in [-0.39, 0.29) is 0 Å². The van der Waals surface area contributed by atoms with Gasteiger partial charge in [0.15, 0.2) is 0 Å². The van der Waals surface area contributed by atoms with Crippen molar-refractivity contribution in [1.29, 1.82) is 5.26 Å². The zero-order chi connectivity index (χ0) is 14.8. The predicted octanol–water partition coefficient (Wildman–Crippen LogP) is 2.92. The molecule has 4 nitrogen and oxygen atoms in total. The Morgan fingerprint density at radius 2 is 2.10 bits per heavy atom. The number of halogens is 3. The van der Waals surface area contributed by atoms with Crippen LogP contribution in [0.15, 0.2) is 30.5 Å². The molecule has 0 radical (unpaired) electrons. The number of hydrogen-bond donors (Lipinski definition) is 1. The van der Waals surface area contributed by atoms with Crippen LogP contribution in [0.3, 0.4) is 0 Å². The Labute approximate surface area is 113 Å². The standard InChI is InChI=1S/C13H11F3N4/c1-20-11(4-5-19-20)8-18-10-2-3-12(13(14,15)16)9(6-10)7-17/h2-6,18H,8H2,1H3. The number of nitrogens with one attached hydrogen (secondary N) is 1. The van der Waals surface area contributed by atoms with E-state index in [1.807, 2.05) is 0 Å². The van der Waals surface area contributed by atoms with Crippen molar-refractivity contribution in [3.63, 3.8) is 0 Å². The highest BCUT2D eigenvalue weighted by Crippen LogP contribution is 2.33. The van der Waals surface area contributed by atoms with Gasteiger partial charge in [0.1, 0.15) is 0 Å². The molecule has 0 atom stereocenters. The summed E-state index contributed by atoms with van der Waals surface area (Å²) in [7, 11) is 1.77. The summed E-state index contributed by atoms with van der Waals surface area (Å²) < 4.78 is 39.6. The average molecular weight is 280 g/mol. The van der Waals surface area contributed by atoms with Crippen LogP contribution in [-0.2, 0) is 19.8 Å². The molecule has 104 valence electrons. The molecule has 0 aliphatic rings. The van der Waals surface area contributed by atoms with E-state index in [1.54, 1.807) is 30.1 Å². The van der Waals surface area contributed by atoms with Crippen molar-refractivity contribution in [1.82, 2.24) is 9.78 Å². The number of hydrogen-bond acceptors (Lipinski definition) is 3. The van der Waals surface area contributed by atoms with Crippen LogP contribution in [0.5, 0.6) is 0 Å². The van der Waals surface area contributed by atoms with Gasteiger partial charge in [0.2, 0.25) is 0 Å². The maximum atomic E-state index is 12.6. The first-order valence-corrected chi connectivity index (χ1v) is 5.74. The lowest BCUT2D eigenvalue weighted by atomic mass is 10.1. The first-order valence-electron chi connectivity index (χ1n) is 5.74. The summed E-state index contributed by atoms with van der Waals surface area (Å²) in [4.78, 5) is 0. The maximum absolute atomic E-state index is 12.6. The number of nitrogens with zero attached hydrogens (tertiary/aromatic N) is 3. The summed E-state index contributed by atoms with van der Waals surface area (Å²) in [6, 6.07) is 6.77. The molecule has 1 aromatic carbocycles. The molecular formula is C13H11F3N4. The molecule has 0 aliphatic heterocycles. The van der Waals surface area contributed by atoms with Crippen LogP contribution < -0.4 is 5.32 Å². The van der Waals surface area contributed by atoms with Gasteiger partial charge in [-0.2, -0.15) is 23.5 Å². The van der Waals surface area contributed by atoms with E-state index in [2.05, 4.69) is 10.4 Å². The van der Waals surface area contributed by atoms with Gasteiger partial charge in [-0.25, -0.2) is 0 Å². The summed E-state index contributed by atoms with van der Waals surface area (Å²) in [5, 5.41) is 15.8. The fourth-order valence-corrected chi connectivity index (χ4v) is 1.76. The smallest absolute Gasteiger partial charge is 0.379 e. The fraction of sp³-hybridized carbons (Fsp3) is 0.231. The van der Waals surface area contributed by atoms with Crippen molar-refractivity contribution >= 4 is 5.69 Å². The molecule has 1 heterocycles. The Bertz CT molecular complexity index is 652. The molecule has 0 saturated carbocycles. The second-order valence-corrected chi connectivity index (χ2v) is 4.17. The van der Waals surface area contributed by atoms with Crippen molar-refractivity contribution in [3.05, 3.63) is 47.3 Å². The molecule has 2 rings (SSSR count). The highest BCUT2D eigenvalue weighted by Gasteiger charge is 2.33. The van der Waals surface area contributed by atoms with Crippen molar-refractivity contribution in [2.45, 2.75) is 12.7 Å². The van der Waals surface area contributed by atoms with E-state index in [9.17, 15) is 13.2 Å². The molecule has 20 heavy (non-hydrogen) atoms. The van der Waals surface area contributed by atoms with E-state index in [0.717, 1.165) is 11.8 Å². The highest BCUT2D eigenvalue weighted by atomic mass is 19.4. The Kier molecular flexibility index (Phi) is 3.66. The summed E-state index contributed by atoms with van der Waals surface area (Å²) in [5.41, 5.74) is 0.0118. The van der Waals surface area contributed by atoms with Crippen molar-refractivity contribution in [2.75, 3.05) is 5.32 Å². The summed E-state index contributed by atoms with van der Waals surface area (Å²) in [5.74, 6) is 0. The monoisotopic (exact) mass is 280 g/mol. The van der Waals surface area contributed by atoms with Crippen LogP contribution in [0.1, 0.15) is 16.8 Å². The molecule has 7 heteroatoms. The SMILES string of the molecule is Cn1nccc1CNc1ccc(C(F)(F)F)c(C#N)c1. The Balaban J connectivity index is 2.19. The van der Waals surface area contributed by atoms with Gasteiger partial charge in [-0.15, -0.1) is 0 Å². The molecule has 0 fully saturated rings. The number of benzene rings is 1. The molecule has 0 unspecified atom stereocenters. The van der Waals surface area contributed by atoms with Gasteiger partial charge >= 0.3 is 6.18 Å². The van der Waals surface area contributed by atoms with Crippen molar-refractivity contribution in [2.24, 2.45) is 7.05 Å². The molecule has 0 amide bonds. The second kappa shape index (κ2) is 5.25. The minimum atomic E-state index is -4.52. The van der Waals surface area contributed by atoms with Gasteiger partial charge < -0.3 is 5.32 Å². The first-order chi connectivity index (χ1) is 9.41. The quantitative estimate of drug-likeness (QED) is 0.940. The lowest BCUT2D eigenvalue weighted by Gasteiger charge is -2.11. The largest absolute Gasteiger partial charge is 0.417 e. The molecule has 0 bridgehead atoms. The van der Waals surface area contributed by atoms with Crippen LogP contribution in [0.4, 0.5) is 18.9 Å². The first kappa shape index (κ1) is 13.9. The Morgan fingerprint density at radius 3 is 2.65 bits per heavy atom. The van der Waals surface area contributed by atoms with Crippen LogP contribution in [-0.4, -0.2) is 9.78 Å². The van der Waals surface area contributed by atoms with E-state index >= 15 is 0 Å². The second-order valence-electron chi connectivity index (χ2n) is 4.17. The molecular weight excluding hydrogens is 269 g/mol. The third kappa shape index (κ3) is 2.91. The fourth-order valence-electron chi connectivity index (χ4n) is 1.76. The van der Waals surface area contributed by atoms with E-state index in [4.69, 9.17) is 5.26 Å². The Morgan fingerprint density at radius 1 is 1.35 bits per heavy atom. The van der Waals surface area contributed by atoms with E-state index < -0.39 is 17.3 Å². The third-order valence-electron chi connectivity index (χ3n) is 2.84. The number of alkyl halides is 3. The number of anilines is 1. The Hall–Kier alpha value is -2.49. The minimum Gasteiger partial charge on any atom is -0.379 e. The van der Waals surface area contributed by atoms with Crippen LogP contribution >= 0.6 is 0 Å². The summed E-state index contributed by atoms with van der Waals surface area (Å²) >= 11 is 0. The lowest BCUT2D eigenvalue weighted by molar-refractivity contribution is -0.137. The topological polar surface area (TPSA) is 53.6 Å². The minimum absolute atomic E-state index is 0.396. The zero-order valence-electron chi connectivity index (χ0n) is 10.6. The van der Waals surface area contributed by atoms with Gasteiger partial charge in [-0.1, -0.05) is 0 Å². The predicted molar refractivity (Wildman–Crippen MR) is 66.7 cm³/mol. The third-order valence-corrected chi connectivity index (χ3v) is 2.84. The number of aryl methyl sites for hydroxylation is 1. The molecule has 0 spiro atoms. The van der Waals surface area contributed by atoms with Crippen LogP contribution in [0.25, 0.3) is 0 Å². The van der Waals surface area contributed by atoms with Gasteiger partial charge in [-0.05, 0) is 24.3 Å². The summed E-state index contributed by atoms with van der Waals surface area (Å²) in [6.07, 6.45) is -2.89. The maximum Gasteiger partial charge on any atom is 0.417 e. The normalized spacial score (nSPS) is 11.2. The lowest BCUT2D eigenvalue weighted by Crippen LogP contribution is -2.09. The van der Waals surface area contributed by atoms with Crippen LogP contribution in [0, 0.1) is 11.3 Å². The molecule has 2 aromatic rings. The van der Waals surface area contributed by atoms with E-state index in [1.165, 1.54) is 12.1 Å².